The number of hydrogen-bond donors (Lipinski definition) is 2. The van der Waals surface area contributed by atoms with E-state index in [1.165, 1.54) is 0 Å². The van der Waals surface area contributed by atoms with Crippen LogP contribution in [-0.4, -0.2) is 31.2 Å². The first kappa shape index (κ1) is 11.2. The van der Waals surface area contributed by atoms with E-state index in [0.717, 1.165) is 50.4 Å². The van der Waals surface area contributed by atoms with Crippen molar-refractivity contribution in [3.8, 4) is 0 Å². The largest absolute Gasteiger partial charge is 0.356 e. The minimum Gasteiger partial charge on any atom is -0.356 e. The average molecular weight is 221 g/mol. The van der Waals surface area contributed by atoms with Crippen LogP contribution in [0.1, 0.15) is 18.9 Å². The molecule has 0 atom stereocenters. The Hall–Kier alpha value is -1.29. The molecule has 2 rings (SSSR count). The Morgan fingerprint density at radius 3 is 2.75 bits per heavy atom. The topological polar surface area (TPSA) is 48.1 Å². The molecule has 0 unspecified atom stereocenters. The number of nitrogens with zero attached hydrogens (tertiary/aromatic N) is 1. The van der Waals surface area contributed by atoms with Gasteiger partial charge >= 0.3 is 0 Å². The molecule has 1 saturated heterocycles. The van der Waals surface area contributed by atoms with Crippen LogP contribution in [0.5, 0.6) is 0 Å². The molecule has 1 aliphatic heterocycles. The summed E-state index contributed by atoms with van der Waals surface area (Å²) in [6.45, 7) is 6.03. The summed E-state index contributed by atoms with van der Waals surface area (Å²) in [6.07, 6.45) is 2.05. The smallest absolute Gasteiger partial charge is 0.249 e. The Kier molecular flexibility index (Phi) is 3.62. The zero-order valence-corrected chi connectivity index (χ0v) is 9.75. The predicted octanol–water partition coefficient (Wildman–Crippen LogP) is 0.737. The van der Waals surface area contributed by atoms with E-state index in [4.69, 9.17) is 0 Å². The Morgan fingerprint density at radius 1 is 1.31 bits per heavy atom. The quantitative estimate of drug-likeness (QED) is 0.791. The summed E-state index contributed by atoms with van der Waals surface area (Å²) >= 11 is 0. The molecule has 1 aromatic heterocycles. The molecule has 4 heteroatoms. The molecule has 0 bridgehead atoms. The van der Waals surface area contributed by atoms with Crippen LogP contribution in [0.15, 0.2) is 16.9 Å². The molecule has 88 valence electrons. The van der Waals surface area contributed by atoms with Gasteiger partial charge in [-0.05, 0) is 18.1 Å². The average Bonchev–Trinajstić information content (AvgIpc) is 2.30. The summed E-state index contributed by atoms with van der Waals surface area (Å²) in [4.78, 5) is 16.7. The highest BCUT2D eigenvalue weighted by Crippen LogP contribution is 2.12. The van der Waals surface area contributed by atoms with Crippen LogP contribution in [0.2, 0.25) is 0 Å². The fourth-order valence-corrected chi connectivity index (χ4v) is 2.09. The summed E-state index contributed by atoms with van der Waals surface area (Å²) < 4.78 is 0. The summed E-state index contributed by atoms with van der Waals surface area (Å²) in [6, 6.07) is 3.81. The Bertz CT molecular complexity index is 393. The highest BCUT2D eigenvalue weighted by molar-refractivity contribution is 5.41. The second-order valence-corrected chi connectivity index (χ2v) is 4.23. The van der Waals surface area contributed by atoms with Crippen LogP contribution < -0.4 is 15.8 Å². The molecule has 0 saturated carbocycles. The predicted molar refractivity (Wildman–Crippen MR) is 66.1 cm³/mol. The van der Waals surface area contributed by atoms with Crippen molar-refractivity contribution in [2.75, 3.05) is 31.1 Å². The van der Waals surface area contributed by atoms with Crippen molar-refractivity contribution in [1.82, 2.24) is 10.3 Å². The lowest BCUT2D eigenvalue weighted by atomic mass is 10.1. The third-order valence-electron chi connectivity index (χ3n) is 2.89. The Balaban J connectivity index is 2.21. The molecule has 0 amide bonds. The lowest BCUT2D eigenvalue weighted by Gasteiger charge is -2.29. The maximum atomic E-state index is 11.5. The highest BCUT2D eigenvalue weighted by atomic mass is 16.1. The van der Waals surface area contributed by atoms with Gasteiger partial charge in [-0.25, -0.2) is 0 Å². The van der Waals surface area contributed by atoms with Gasteiger partial charge in [0, 0.05) is 32.2 Å². The summed E-state index contributed by atoms with van der Waals surface area (Å²) in [7, 11) is 0. The molecular weight excluding hydrogens is 202 g/mol. The number of hydrogen-bond acceptors (Lipinski definition) is 3. The van der Waals surface area contributed by atoms with Crippen molar-refractivity contribution in [3.63, 3.8) is 0 Å². The third-order valence-corrected chi connectivity index (χ3v) is 2.89. The van der Waals surface area contributed by atoms with Crippen molar-refractivity contribution in [2.45, 2.75) is 19.8 Å². The second kappa shape index (κ2) is 5.16. The Morgan fingerprint density at radius 2 is 2.06 bits per heavy atom. The fourth-order valence-electron chi connectivity index (χ4n) is 2.09. The van der Waals surface area contributed by atoms with Gasteiger partial charge in [0.1, 0.15) is 5.82 Å². The molecule has 4 nitrogen and oxygen atoms in total. The van der Waals surface area contributed by atoms with Gasteiger partial charge < -0.3 is 15.2 Å². The molecular formula is C12H19N3O. The number of aromatic nitrogens is 1. The number of aromatic amines is 1. The van der Waals surface area contributed by atoms with E-state index in [9.17, 15) is 4.79 Å². The van der Waals surface area contributed by atoms with Gasteiger partial charge in [-0.1, -0.05) is 13.3 Å². The van der Waals surface area contributed by atoms with Crippen LogP contribution in [0, 0.1) is 0 Å². The van der Waals surface area contributed by atoms with Crippen LogP contribution in [0.4, 0.5) is 5.82 Å². The van der Waals surface area contributed by atoms with Crippen molar-refractivity contribution >= 4 is 5.82 Å². The van der Waals surface area contributed by atoms with Crippen molar-refractivity contribution < 1.29 is 0 Å². The monoisotopic (exact) mass is 221 g/mol. The zero-order chi connectivity index (χ0) is 11.4. The molecule has 1 aromatic rings. The standard InChI is InChI=1S/C12H19N3O/c1-2-3-10-8-11(14-12(16)9-10)15-6-4-13-5-7-15/h8-9,13H,2-7H2,1H3,(H,14,16). The minimum atomic E-state index is 0.0134. The molecule has 0 radical (unpaired) electrons. The number of pyridine rings is 1. The van der Waals surface area contributed by atoms with Crippen molar-refractivity contribution in [2.24, 2.45) is 0 Å². The highest BCUT2D eigenvalue weighted by Gasteiger charge is 2.11. The molecule has 1 aliphatic rings. The minimum absolute atomic E-state index is 0.0134. The van der Waals surface area contributed by atoms with E-state index in [1.807, 2.05) is 0 Å². The number of aryl methyl sites for hydroxylation is 1. The lowest BCUT2D eigenvalue weighted by Crippen LogP contribution is -2.44. The molecule has 0 aromatic carbocycles. The summed E-state index contributed by atoms with van der Waals surface area (Å²) in [5.74, 6) is 0.970. The van der Waals surface area contributed by atoms with Gasteiger partial charge in [-0.2, -0.15) is 0 Å². The van der Waals surface area contributed by atoms with Crippen molar-refractivity contribution in [3.05, 3.63) is 28.0 Å². The first-order chi connectivity index (χ1) is 7.79. The van der Waals surface area contributed by atoms with E-state index in [1.54, 1.807) is 6.07 Å². The Labute approximate surface area is 95.7 Å². The van der Waals surface area contributed by atoms with Crippen molar-refractivity contribution in [1.29, 1.82) is 0 Å². The van der Waals surface area contributed by atoms with Crippen LogP contribution in [-0.2, 0) is 6.42 Å². The molecule has 2 heterocycles. The number of nitrogens with one attached hydrogen (secondary N) is 2. The van der Waals surface area contributed by atoms with Gasteiger partial charge in [0.05, 0.1) is 0 Å². The number of piperazine rings is 1. The fraction of sp³-hybridized carbons (Fsp3) is 0.583. The number of H-pyrrole nitrogens is 1. The molecule has 16 heavy (non-hydrogen) atoms. The van der Waals surface area contributed by atoms with Gasteiger partial charge in [0.2, 0.25) is 5.56 Å². The van der Waals surface area contributed by atoms with Crippen LogP contribution >= 0.6 is 0 Å². The number of anilines is 1. The molecule has 1 fully saturated rings. The van der Waals surface area contributed by atoms with E-state index in [-0.39, 0.29) is 5.56 Å². The number of rotatable bonds is 3. The summed E-state index contributed by atoms with van der Waals surface area (Å²) in [5, 5.41) is 3.31. The van der Waals surface area contributed by atoms with Gasteiger partial charge in [-0.3, -0.25) is 4.79 Å². The van der Waals surface area contributed by atoms with Gasteiger partial charge in [-0.15, -0.1) is 0 Å². The second-order valence-electron chi connectivity index (χ2n) is 4.23. The van der Waals surface area contributed by atoms with Gasteiger partial charge in [0.15, 0.2) is 0 Å². The van der Waals surface area contributed by atoms with E-state index in [0.29, 0.717) is 0 Å². The first-order valence-electron chi connectivity index (χ1n) is 5.98. The molecule has 2 N–H and O–H groups in total. The molecule has 0 spiro atoms. The zero-order valence-electron chi connectivity index (χ0n) is 9.75. The normalized spacial score (nSPS) is 16.4. The lowest BCUT2D eigenvalue weighted by molar-refractivity contribution is 0.584. The maximum absolute atomic E-state index is 11.5. The van der Waals surface area contributed by atoms with E-state index in [2.05, 4.69) is 28.2 Å². The van der Waals surface area contributed by atoms with Gasteiger partial charge in [0.25, 0.3) is 0 Å². The summed E-state index contributed by atoms with van der Waals surface area (Å²) in [5.41, 5.74) is 1.15. The van der Waals surface area contributed by atoms with E-state index >= 15 is 0 Å². The SMILES string of the molecule is CCCc1cc(N2CCNCC2)[nH]c(=O)c1. The maximum Gasteiger partial charge on any atom is 0.249 e. The third kappa shape index (κ3) is 2.64. The van der Waals surface area contributed by atoms with E-state index < -0.39 is 0 Å². The molecule has 0 aliphatic carbocycles. The van der Waals surface area contributed by atoms with Crippen LogP contribution in [0.3, 0.4) is 0 Å². The first-order valence-corrected chi connectivity index (χ1v) is 5.98. The van der Waals surface area contributed by atoms with Crippen LogP contribution in [0.25, 0.3) is 0 Å².